The van der Waals surface area contributed by atoms with Crippen LogP contribution < -0.4 is 11.1 Å². The van der Waals surface area contributed by atoms with Crippen molar-refractivity contribution in [1.29, 1.82) is 0 Å². The topological polar surface area (TPSA) is 118 Å². The fourth-order valence-electron chi connectivity index (χ4n) is 1.30. The van der Waals surface area contributed by atoms with E-state index in [0.717, 1.165) is 0 Å². The Kier molecular flexibility index (Phi) is 4.27. The second-order valence-electron chi connectivity index (χ2n) is 3.45. The summed E-state index contributed by atoms with van der Waals surface area (Å²) in [5, 5.41) is 21.9. The van der Waals surface area contributed by atoms with E-state index in [4.69, 9.17) is 10.8 Å². The largest absolute Gasteiger partial charge is 0.481 e. The minimum atomic E-state index is -0.852. The molecular formula is C10H13N3O4. The molecule has 0 amide bonds. The third kappa shape index (κ3) is 3.98. The van der Waals surface area contributed by atoms with Crippen LogP contribution in [0.2, 0.25) is 0 Å². The van der Waals surface area contributed by atoms with Crippen molar-refractivity contribution in [1.82, 2.24) is 0 Å². The lowest BCUT2D eigenvalue weighted by atomic mass is 10.2. The van der Waals surface area contributed by atoms with Crippen molar-refractivity contribution in [2.75, 3.05) is 17.6 Å². The number of nitro groups is 1. The molecule has 1 rings (SSSR count). The average Bonchev–Trinajstić information content (AvgIpc) is 2.23. The first-order valence-electron chi connectivity index (χ1n) is 5.00. The molecule has 0 aliphatic rings. The summed E-state index contributed by atoms with van der Waals surface area (Å²) in [4.78, 5) is 20.2. The van der Waals surface area contributed by atoms with E-state index in [2.05, 4.69) is 5.32 Å². The molecule has 1 aromatic rings. The van der Waals surface area contributed by atoms with Crippen LogP contribution in [0, 0.1) is 10.1 Å². The number of carboxylic acids is 1. The van der Waals surface area contributed by atoms with Gasteiger partial charge in [-0.1, -0.05) is 0 Å². The first-order chi connectivity index (χ1) is 8.00. The van der Waals surface area contributed by atoms with Crippen LogP contribution in [0.15, 0.2) is 18.2 Å². The van der Waals surface area contributed by atoms with Crippen LogP contribution in [0.1, 0.15) is 12.8 Å². The molecule has 0 fully saturated rings. The van der Waals surface area contributed by atoms with E-state index in [1.54, 1.807) is 0 Å². The number of hydrogen-bond acceptors (Lipinski definition) is 5. The highest BCUT2D eigenvalue weighted by Gasteiger charge is 2.10. The third-order valence-electron chi connectivity index (χ3n) is 2.12. The molecule has 4 N–H and O–H groups in total. The molecule has 7 nitrogen and oxygen atoms in total. The zero-order chi connectivity index (χ0) is 12.8. The summed E-state index contributed by atoms with van der Waals surface area (Å²) in [6.45, 7) is 0.476. The number of nitrogens with zero attached hydrogens (tertiary/aromatic N) is 1. The van der Waals surface area contributed by atoms with Crippen molar-refractivity contribution in [3.05, 3.63) is 28.3 Å². The molecule has 0 aliphatic heterocycles. The van der Waals surface area contributed by atoms with E-state index in [1.165, 1.54) is 18.2 Å². The van der Waals surface area contributed by atoms with Crippen LogP contribution in [0.3, 0.4) is 0 Å². The van der Waals surface area contributed by atoms with Crippen molar-refractivity contribution >= 4 is 23.0 Å². The summed E-state index contributed by atoms with van der Waals surface area (Å²) in [6, 6.07) is 4.31. The monoisotopic (exact) mass is 239 g/mol. The van der Waals surface area contributed by atoms with Crippen molar-refractivity contribution in [2.45, 2.75) is 12.8 Å². The number of anilines is 2. The molecule has 7 heteroatoms. The summed E-state index contributed by atoms with van der Waals surface area (Å²) in [5.41, 5.74) is 6.08. The number of nitrogen functional groups attached to an aromatic ring is 1. The normalized spacial score (nSPS) is 9.88. The Labute approximate surface area is 97.4 Å². The molecule has 0 aromatic heterocycles. The van der Waals surface area contributed by atoms with Gasteiger partial charge in [0.1, 0.15) is 5.69 Å². The zero-order valence-electron chi connectivity index (χ0n) is 9.05. The number of carbonyl (C=O) groups is 1. The Morgan fingerprint density at radius 1 is 1.53 bits per heavy atom. The number of aliphatic carboxylic acids is 1. The van der Waals surface area contributed by atoms with E-state index in [1.807, 2.05) is 0 Å². The Morgan fingerprint density at radius 3 is 2.76 bits per heavy atom. The molecule has 0 saturated carbocycles. The van der Waals surface area contributed by atoms with E-state index in [9.17, 15) is 14.9 Å². The maximum atomic E-state index is 10.5. The predicted octanol–water partition coefficient (Wildman–Crippen LogP) is 1.45. The van der Waals surface area contributed by atoms with E-state index >= 15 is 0 Å². The Morgan fingerprint density at radius 2 is 2.24 bits per heavy atom. The summed E-state index contributed by atoms with van der Waals surface area (Å²) in [7, 11) is 0. The molecule has 92 valence electrons. The SMILES string of the molecule is Nc1cc(NCCCC(=O)O)ccc1[N+](=O)[O-]. The van der Waals surface area contributed by atoms with Gasteiger partial charge in [-0.2, -0.15) is 0 Å². The van der Waals surface area contributed by atoms with Crippen LogP contribution >= 0.6 is 0 Å². The number of nitro benzene ring substituents is 1. The number of benzene rings is 1. The molecule has 0 atom stereocenters. The third-order valence-corrected chi connectivity index (χ3v) is 2.12. The van der Waals surface area contributed by atoms with Crippen LogP contribution in [-0.2, 0) is 4.79 Å². The molecule has 0 saturated heterocycles. The predicted molar refractivity (Wildman–Crippen MR) is 62.9 cm³/mol. The minimum Gasteiger partial charge on any atom is -0.481 e. The molecule has 17 heavy (non-hydrogen) atoms. The van der Waals surface area contributed by atoms with Crippen molar-refractivity contribution < 1.29 is 14.8 Å². The fraction of sp³-hybridized carbons (Fsp3) is 0.300. The van der Waals surface area contributed by atoms with Crippen LogP contribution in [0.5, 0.6) is 0 Å². The smallest absolute Gasteiger partial charge is 0.303 e. The Balaban J connectivity index is 2.53. The summed E-state index contributed by atoms with van der Waals surface area (Å²) >= 11 is 0. The number of nitrogens with two attached hydrogens (primary N) is 1. The Bertz CT molecular complexity index is 434. The van der Waals surface area contributed by atoms with Crippen LogP contribution in [0.4, 0.5) is 17.1 Å². The molecule has 0 radical (unpaired) electrons. The van der Waals surface area contributed by atoms with Gasteiger partial charge in [-0.25, -0.2) is 0 Å². The Hall–Kier alpha value is -2.31. The maximum Gasteiger partial charge on any atom is 0.303 e. The van der Waals surface area contributed by atoms with Crippen molar-refractivity contribution in [3.8, 4) is 0 Å². The highest BCUT2D eigenvalue weighted by atomic mass is 16.6. The fourth-order valence-corrected chi connectivity index (χ4v) is 1.30. The molecule has 0 unspecified atom stereocenters. The van der Waals surface area contributed by atoms with Gasteiger partial charge in [-0.05, 0) is 18.6 Å². The molecular weight excluding hydrogens is 226 g/mol. The lowest BCUT2D eigenvalue weighted by Gasteiger charge is -2.06. The first kappa shape index (κ1) is 12.8. The first-order valence-corrected chi connectivity index (χ1v) is 5.00. The molecule has 1 aromatic carbocycles. The van der Waals surface area contributed by atoms with Gasteiger partial charge in [-0.15, -0.1) is 0 Å². The lowest BCUT2D eigenvalue weighted by molar-refractivity contribution is -0.383. The van der Waals surface area contributed by atoms with Gasteiger partial charge in [0.15, 0.2) is 0 Å². The number of carboxylic acid groups (broad SMARTS) is 1. The summed E-state index contributed by atoms with van der Waals surface area (Å²) in [6.07, 6.45) is 0.557. The highest BCUT2D eigenvalue weighted by molar-refractivity contribution is 5.67. The van der Waals surface area contributed by atoms with Gasteiger partial charge in [0.25, 0.3) is 5.69 Å². The van der Waals surface area contributed by atoms with Crippen LogP contribution in [0.25, 0.3) is 0 Å². The second-order valence-corrected chi connectivity index (χ2v) is 3.45. The van der Waals surface area contributed by atoms with E-state index in [0.29, 0.717) is 18.7 Å². The summed E-state index contributed by atoms with van der Waals surface area (Å²) in [5.74, 6) is -0.852. The number of rotatable bonds is 6. The molecule has 0 bridgehead atoms. The van der Waals surface area contributed by atoms with Gasteiger partial charge >= 0.3 is 5.97 Å². The van der Waals surface area contributed by atoms with Gasteiger partial charge in [0.05, 0.1) is 4.92 Å². The quantitative estimate of drug-likeness (QED) is 0.299. The molecule has 0 spiro atoms. The van der Waals surface area contributed by atoms with Gasteiger partial charge in [0, 0.05) is 24.7 Å². The molecule has 0 heterocycles. The van der Waals surface area contributed by atoms with E-state index < -0.39 is 10.9 Å². The van der Waals surface area contributed by atoms with E-state index in [-0.39, 0.29) is 17.8 Å². The van der Waals surface area contributed by atoms with Crippen molar-refractivity contribution in [3.63, 3.8) is 0 Å². The number of hydrogen-bond donors (Lipinski definition) is 3. The van der Waals surface area contributed by atoms with Gasteiger partial charge in [0.2, 0.25) is 0 Å². The van der Waals surface area contributed by atoms with Gasteiger partial charge < -0.3 is 16.2 Å². The van der Waals surface area contributed by atoms with Crippen molar-refractivity contribution in [2.24, 2.45) is 0 Å². The standard InChI is InChI=1S/C10H13N3O4/c11-8-6-7(3-4-9(8)13(16)17)12-5-1-2-10(14)15/h3-4,6,12H,1-2,5,11H2,(H,14,15). The summed E-state index contributed by atoms with van der Waals surface area (Å²) < 4.78 is 0. The highest BCUT2D eigenvalue weighted by Crippen LogP contribution is 2.24. The average molecular weight is 239 g/mol. The number of nitrogens with one attached hydrogen (secondary N) is 1. The van der Waals surface area contributed by atoms with Crippen LogP contribution in [-0.4, -0.2) is 22.5 Å². The second kappa shape index (κ2) is 5.69. The maximum absolute atomic E-state index is 10.5. The van der Waals surface area contributed by atoms with Gasteiger partial charge in [-0.3, -0.25) is 14.9 Å². The lowest BCUT2D eigenvalue weighted by Crippen LogP contribution is -2.05. The minimum absolute atomic E-state index is 0.0788. The molecule has 0 aliphatic carbocycles. The zero-order valence-corrected chi connectivity index (χ0v) is 9.05.